The summed E-state index contributed by atoms with van der Waals surface area (Å²) < 4.78 is 110. The summed E-state index contributed by atoms with van der Waals surface area (Å²) in [6, 6.07) is 6.89. The number of hydrogen-bond acceptors (Lipinski definition) is 2. The number of hydrogen-bond donors (Lipinski definition) is 1. The van der Waals surface area contributed by atoms with Crippen LogP contribution in [0.1, 0.15) is 19.4 Å². The molecule has 0 radical (unpaired) electrons. The first kappa shape index (κ1) is 23.1. The van der Waals surface area contributed by atoms with E-state index in [1.165, 1.54) is 44.2 Å². The van der Waals surface area contributed by atoms with E-state index in [4.69, 9.17) is 0 Å². The quantitative estimate of drug-likeness (QED) is 0.519. The molecule has 1 aliphatic rings. The van der Waals surface area contributed by atoms with Crippen molar-refractivity contribution in [2.75, 3.05) is 0 Å². The number of benzene rings is 1. The molecule has 2 nitrogen and oxygen atoms in total. The van der Waals surface area contributed by atoms with Gasteiger partial charge < -0.3 is 9.90 Å². The molecular weight excluding hydrogens is 412 g/mol. The van der Waals surface area contributed by atoms with Crippen LogP contribution in [-0.4, -0.2) is 35.5 Å². The van der Waals surface area contributed by atoms with Gasteiger partial charge in [0.2, 0.25) is 0 Å². The molecule has 0 saturated carbocycles. The van der Waals surface area contributed by atoms with E-state index in [9.17, 15) is 45.0 Å². The Morgan fingerprint density at radius 1 is 1.03 bits per heavy atom. The summed E-state index contributed by atoms with van der Waals surface area (Å²) in [6.07, 6.45) is -17.8. The van der Waals surface area contributed by atoms with Crippen molar-refractivity contribution in [3.8, 4) is 0 Å². The zero-order valence-corrected chi connectivity index (χ0v) is 15.1. The van der Waals surface area contributed by atoms with Crippen LogP contribution in [0.2, 0.25) is 0 Å². The van der Waals surface area contributed by atoms with Crippen LogP contribution >= 0.6 is 0 Å². The fraction of sp³-hybridized carbons (Fsp3) is 0.421. The van der Waals surface area contributed by atoms with Crippen molar-refractivity contribution in [3.05, 3.63) is 53.4 Å². The van der Waals surface area contributed by atoms with Crippen molar-refractivity contribution in [2.45, 2.75) is 38.0 Å². The minimum absolute atomic E-state index is 0.00495. The summed E-state index contributed by atoms with van der Waals surface area (Å²) in [5, 5.41) is 9.75. The van der Waals surface area contributed by atoms with Gasteiger partial charge in [0, 0.05) is 5.57 Å². The van der Waals surface area contributed by atoms with Gasteiger partial charge in [-0.3, -0.25) is 0 Å². The number of aliphatic hydroxyl groups is 1. The van der Waals surface area contributed by atoms with E-state index in [1.54, 1.807) is 0 Å². The summed E-state index contributed by atoms with van der Waals surface area (Å²) in [4.78, 5) is 11.6. The molecular formula is C19H16F8O2. The first-order valence-corrected chi connectivity index (χ1v) is 8.30. The first-order chi connectivity index (χ1) is 13.2. The molecule has 2 rings (SSSR count). The lowest BCUT2D eigenvalue weighted by molar-refractivity contribution is -0.394. The largest absolute Gasteiger partial charge is 0.427 e. The van der Waals surface area contributed by atoms with E-state index in [0.717, 1.165) is 0 Å². The van der Waals surface area contributed by atoms with Crippen LogP contribution in [0.3, 0.4) is 0 Å². The number of halogens is 8. The summed E-state index contributed by atoms with van der Waals surface area (Å²) >= 11 is 0. The van der Waals surface area contributed by atoms with Crippen molar-refractivity contribution in [3.63, 3.8) is 0 Å². The Morgan fingerprint density at radius 3 is 1.90 bits per heavy atom. The number of carbonyl (C=O) groups excluding carboxylic acids is 1. The summed E-state index contributed by atoms with van der Waals surface area (Å²) in [7, 11) is 0. The Bertz CT molecular complexity index is 822. The van der Waals surface area contributed by atoms with Gasteiger partial charge in [0.15, 0.2) is 6.17 Å². The molecule has 2 atom stereocenters. The third-order valence-electron chi connectivity index (χ3n) is 4.89. The number of carbonyl (C=O) groups is 1. The van der Waals surface area contributed by atoms with Crippen molar-refractivity contribution in [2.24, 2.45) is 11.3 Å². The lowest BCUT2D eigenvalue weighted by Gasteiger charge is -2.47. The van der Waals surface area contributed by atoms with E-state index in [2.05, 4.69) is 0 Å². The van der Waals surface area contributed by atoms with Gasteiger partial charge in [-0.25, -0.2) is 8.78 Å². The SMILES string of the molecule is CC(C)C1=CC(C=O)(C(O)(C(F)(F)F)C(F)(F)F)C(F)C(F)=C1c1ccccc1. The second-order valence-electron chi connectivity index (χ2n) is 6.96. The Balaban J connectivity index is 2.92. The van der Waals surface area contributed by atoms with E-state index >= 15 is 0 Å². The predicted octanol–water partition coefficient (Wildman–Crippen LogP) is 5.34. The average molecular weight is 428 g/mol. The molecule has 0 aliphatic heterocycles. The summed E-state index contributed by atoms with van der Waals surface area (Å²) in [5.41, 5.74) is -11.2. The average Bonchev–Trinajstić information content (AvgIpc) is 2.62. The minimum Gasteiger partial charge on any atom is -0.373 e. The molecule has 10 heteroatoms. The van der Waals surface area contributed by atoms with Crippen LogP contribution in [0.4, 0.5) is 35.1 Å². The molecule has 0 bridgehead atoms. The first-order valence-electron chi connectivity index (χ1n) is 8.30. The molecule has 0 amide bonds. The van der Waals surface area contributed by atoms with E-state index in [-0.39, 0.29) is 11.6 Å². The van der Waals surface area contributed by atoms with E-state index < -0.39 is 58.7 Å². The number of rotatable bonds is 4. The Labute approximate surface area is 160 Å². The lowest BCUT2D eigenvalue weighted by atomic mass is 9.62. The van der Waals surface area contributed by atoms with Gasteiger partial charge in [0.25, 0.3) is 5.60 Å². The lowest BCUT2D eigenvalue weighted by Crippen LogP contribution is -2.70. The highest BCUT2D eigenvalue weighted by molar-refractivity contribution is 5.86. The molecule has 1 aliphatic carbocycles. The molecule has 1 aromatic rings. The Morgan fingerprint density at radius 2 is 1.52 bits per heavy atom. The fourth-order valence-corrected chi connectivity index (χ4v) is 3.36. The number of aldehydes is 1. The van der Waals surface area contributed by atoms with Gasteiger partial charge in [-0.2, -0.15) is 26.3 Å². The van der Waals surface area contributed by atoms with Crippen molar-refractivity contribution >= 4 is 11.9 Å². The van der Waals surface area contributed by atoms with Gasteiger partial charge in [0.05, 0.1) is 0 Å². The molecule has 2 unspecified atom stereocenters. The van der Waals surface area contributed by atoms with E-state index in [0.29, 0.717) is 0 Å². The molecule has 29 heavy (non-hydrogen) atoms. The third kappa shape index (κ3) is 3.27. The Hall–Kier alpha value is -2.23. The summed E-state index contributed by atoms with van der Waals surface area (Å²) in [6.45, 7) is 2.63. The zero-order valence-electron chi connectivity index (χ0n) is 15.1. The van der Waals surface area contributed by atoms with Gasteiger partial charge in [-0.1, -0.05) is 50.3 Å². The van der Waals surface area contributed by atoms with Gasteiger partial charge in [0.1, 0.15) is 17.5 Å². The van der Waals surface area contributed by atoms with Crippen LogP contribution in [0.25, 0.3) is 5.57 Å². The molecule has 1 aromatic carbocycles. The predicted molar refractivity (Wildman–Crippen MR) is 87.8 cm³/mol. The van der Waals surface area contributed by atoms with Gasteiger partial charge >= 0.3 is 12.4 Å². The molecule has 0 fully saturated rings. The van der Waals surface area contributed by atoms with Crippen LogP contribution in [0, 0.1) is 11.3 Å². The number of allylic oxidation sites excluding steroid dienone is 3. The molecule has 160 valence electrons. The minimum atomic E-state index is -6.53. The highest BCUT2D eigenvalue weighted by Crippen LogP contribution is 2.59. The monoisotopic (exact) mass is 428 g/mol. The smallest absolute Gasteiger partial charge is 0.373 e. The maximum Gasteiger partial charge on any atom is 0.427 e. The van der Waals surface area contributed by atoms with Gasteiger partial charge in [-0.05, 0) is 17.1 Å². The second kappa shape index (κ2) is 7.23. The number of alkyl halides is 7. The second-order valence-corrected chi connectivity index (χ2v) is 6.96. The molecule has 0 heterocycles. The molecule has 0 aromatic heterocycles. The Kier molecular flexibility index (Phi) is 5.75. The van der Waals surface area contributed by atoms with Crippen molar-refractivity contribution in [1.29, 1.82) is 0 Å². The van der Waals surface area contributed by atoms with Crippen molar-refractivity contribution in [1.82, 2.24) is 0 Å². The van der Waals surface area contributed by atoms with Crippen molar-refractivity contribution < 1.29 is 45.0 Å². The van der Waals surface area contributed by atoms with E-state index in [1.807, 2.05) is 0 Å². The molecule has 0 saturated heterocycles. The normalized spacial score (nSPS) is 24.0. The highest BCUT2D eigenvalue weighted by atomic mass is 19.4. The summed E-state index contributed by atoms with van der Waals surface area (Å²) in [5.74, 6) is -2.91. The van der Waals surface area contributed by atoms with Crippen LogP contribution in [-0.2, 0) is 4.79 Å². The molecule has 1 N–H and O–H groups in total. The van der Waals surface area contributed by atoms with Crippen LogP contribution < -0.4 is 0 Å². The van der Waals surface area contributed by atoms with Gasteiger partial charge in [-0.15, -0.1) is 0 Å². The molecule has 0 spiro atoms. The highest BCUT2D eigenvalue weighted by Gasteiger charge is 2.82. The van der Waals surface area contributed by atoms with Crippen LogP contribution in [0.15, 0.2) is 47.8 Å². The topological polar surface area (TPSA) is 37.3 Å². The maximum atomic E-state index is 15.0. The standard InChI is InChI=1S/C19H16F8O2/c1-10(2)12-8-16(9-28,17(29,18(22,23)24)19(25,26)27)15(21)14(20)13(12)11-6-4-3-5-7-11/h3-10,15,29H,1-2H3. The fourth-order valence-electron chi connectivity index (χ4n) is 3.36. The zero-order chi connectivity index (χ0) is 22.4. The third-order valence-corrected chi connectivity index (χ3v) is 4.89. The van der Waals surface area contributed by atoms with Crippen LogP contribution in [0.5, 0.6) is 0 Å². The maximum absolute atomic E-state index is 15.0.